The molecule has 96 valence electrons. The van der Waals surface area contributed by atoms with Crippen molar-refractivity contribution in [2.45, 2.75) is 26.4 Å². The van der Waals surface area contributed by atoms with E-state index in [0.717, 1.165) is 0 Å². The van der Waals surface area contributed by atoms with Crippen molar-refractivity contribution < 1.29 is 14.6 Å². The maximum Gasteiger partial charge on any atom is 0.161 e. The molecule has 0 aromatic heterocycles. The van der Waals surface area contributed by atoms with Crippen molar-refractivity contribution in [3.8, 4) is 17.6 Å². The number of hydrogen-bond donors (Lipinski definition) is 1. The summed E-state index contributed by atoms with van der Waals surface area (Å²) in [6.45, 7) is 4.70. The van der Waals surface area contributed by atoms with Crippen molar-refractivity contribution in [2.24, 2.45) is 5.41 Å². The molecule has 0 spiro atoms. The van der Waals surface area contributed by atoms with Gasteiger partial charge in [-0.25, -0.2) is 0 Å². The second-order valence-electron chi connectivity index (χ2n) is 4.69. The normalized spacial score (nSPS) is 18.6. The first-order valence-corrected chi connectivity index (χ1v) is 6.09. The Balaban J connectivity index is 2.32. The van der Waals surface area contributed by atoms with Crippen LogP contribution in [0.15, 0.2) is 18.2 Å². The Bertz CT molecular complexity index is 480. The van der Waals surface area contributed by atoms with Gasteiger partial charge in [-0.2, -0.15) is 5.26 Å². The Kier molecular flexibility index (Phi) is 3.44. The molecule has 1 N–H and O–H groups in total. The second kappa shape index (κ2) is 4.87. The summed E-state index contributed by atoms with van der Waals surface area (Å²) in [6, 6.07) is 7.50. The van der Waals surface area contributed by atoms with E-state index >= 15 is 0 Å². The lowest BCUT2D eigenvalue weighted by Gasteiger charge is -2.27. The molecule has 1 aliphatic heterocycles. The molecule has 0 radical (unpaired) electrons. The van der Waals surface area contributed by atoms with Crippen LogP contribution in [0.2, 0.25) is 0 Å². The van der Waals surface area contributed by atoms with Crippen LogP contribution >= 0.6 is 0 Å². The smallest absolute Gasteiger partial charge is 0.161 e. The molecule has 1 aromatic carbocycles. The Hall–Kier alpha value is -1.73. The number of fused-ring (bicyclic) bond motifs is 1. The molecule has 0 fully saturated rings. The van der Waals surface area contributed by atoms with Gasteiger partial charge in [0.05, 0.1) is 17.6 Å². The van der Waals surface area contributed by atoms with Crippen LogP contribution in [-0.2, 0) is 0 Å². The average Bonchev–Trinajstić information content (AvgIpc) is 2.45. The first-order chi connectivity index (χ1) is 8.60. The van der Waals surface area contributed by atoms with Crippen LogP contribution in [0.5, 0.6) is 11.5 Å². The predicted octanol–water partition coefficient (Wildman–Crippen LogP) is 2.43. The van der Waals surface area contributed by atoms with Crippen LogP contribution < -0.4 is 9.47 Å². The zero-order chi connectivity index (χ0) is 13.2. The van der Waals surface area contributed by atoms with Gasteiger partial charge in [-0.3, -0.25) is 0 Å². The number of aliphatic hydroxyl groups excluding tert-OH is 1. The van der Waals surface area contributed by atoms with E-state index < -0.39 is 11.5 Å². The third-order valence-electron chi connectivity index (χ3n) is 3.48. The molecule has 2 unspecified atom stereocenters. The van der Waals surface area contributed by atoms with E-state index in [-0.39, 0.29) is 0 Å². The Morgan fingerprint density at radius 2 is 2.06 bits per heavy atom. The molecule has 4 nitrogen and oxygen atoms in total. The lowest BCUT2D eigenvalue weighted by Crippen LogP contribution is -2.23. The van der Waals surface area contributed by atoms with Crippen molar-refractivity contribution in [1.82, 2.24) is 0 Å². The summed E-state index contributed by atoms with van der Waals surface area (Å²) in [7, 11) is 0. The van der Waals surface area contributed by atoms with Gasteiger partial charge in [-0.05, 0) is 31.0 Å². The fourth-order valence-corrected chi connectivity index (χ4v) is 1.93. The van der Waals surface area contributed by atoms with Crippen molar-refractivity contribution in [3.05, 3.63) is 23.8 Å². The van der Waals surface area contributed by atoms with Gasteiger partial charge in [-0.1, -0.05) is 13.0 Å². The number of benzene rings is 1. The Morgan fingerprint density at radius 1 is 1.39 bits per heavy atom. The summed E-state index contributed by atoms with van der Waals surface area (Å²) < 4.78 is 10.9. The molecule has 0 amide bonds. The summed E-state index contributed by atoms with van der Waals surface area (Å²) in [5, 5.41) is 19.5. The second-order valence-corrected chi connectivity index (χ2v) is 4.69. The summed E-state index contributed by atoms with van der Waals surface area (Å²) >= 11 is 0. The van der Waals surface area contributed by atoms with Gasteiger partial charge >= 0.3 is 0 Å². The molecule has 0 aliphatic carbocycles. The molecular formula is C14H17NO3. The molecule has 1 aliphatic rings. The molecule has 1 aromatic rings. The average molecular weight is 247 g/mol. The predicted molar refractivity (Wildman–Crippen MR) is 66.4 cm³/mol. The monoisotopic (exact) mass is 247 g/mol. The number of ether oxygens (including phenoxy) is 2. The maximum atomic E-state index is 10.3. The molecule has 1 heterocycles. The Morgan fingerprint density at radius 3 is 2.67 bits per heavy atom. The van der Waals surface area contributed by atoms with E-state index in [1.54, 1.807) is 25.1 Å². The fourth-order valence-electron chi connectivity index (χ4n) is 1.93. The van der Waals surface area contributed by atoms with Crippen molar-refractivity contribution in [3.63, 3.8) is 0 Å². The van der Waals surface area contributed by atoms with Gasteiger partial charge in [0, 0.05) is 0 Å². The van der Waals surface area contributed by atoms with E-state index in [1.165, 1.54) is 0 Å². The van der Waals surface area contributed by atoms with E-state index in [9.17, 15) is 10.4 Å². The quantitative estimate of drug-likeness (QED) is 0.891. The van der Waals surface area contributed by atoms with Gasteiger partial charge in [0.25, 0.3) is 0 Å². The molecule has 4 heteroatoms. The summed E-state index contributed by atoms with van der Waals surface area (Å²) in [6.07, 6.45) is -0.248. The van der Waals surface area contributed by atoms with Crippen molar-refractivity contribution in [2.75, 3.05) is 13.2 Å². The molecule has 2 atom stereocenters. The zero-order valence-electron chi connectivity index (χ0n) is 10.6. The molecular weight excluding hydrogens is 230 g/mol. The highest BCUT2D eigenvalue weighted by Gasteiger charge is 2.33. The molecule has 18 heavy (non-hydrogen) atoms. The molecule has 0 saturated heterocycles. The number of nitriles is 1. The van der Waals surface area contributed by atoms with E-state index in [1.807, 2.05) is 6.92 Å². The minimum absolute atomic E-state index is 0.510. The minimum atomic E-state index is -0.830. The van der Waals surface area contributed by atoms with E-state index in [4.69, 9.17) is 9.47 Å². The van der Waals surface area contributed by atoms with Gasteiger partial charge < -0.3 is 14.6 Å². The zero-order valence-corrected chi connectivity index (χ0v) is 10.6. The van der Waals surface area contributed by atoms with Crippen molar-refractivity contribution in [1.29, 1.82) is 5.26 Å². The number of hydrogen-bond acceptors (Lipinski definition) is 4. The summed E-state index contributed by atoms with van der Waals surface area (Å²) in [5.41, 5.74) is -0.103. The first-order valence-electron chi connectivity index (χ1n) is 6.09. The highest BCUT2D eigenvalue weighted by molar-refractivity contribution is 5.45. The van der Waals surface area contributed by atoms with Gasteiger partial charge in [-0.15, -0.1) is 0 Å². The molecule has 0 saturated carbocycles. The standard InChI is InChI=1S/C14H17NO3/c1-3-14(2,9-15)13(16)10-4-5-11-12(8-10)18-7-6-17-11/h4-5,8,13,16H,3,6-7H2,1-2H3. The van der Waals surface area contributed by atoms with Crippen LogP contribution in [-0.4, -0.2) is 18.3 Å². The van der Waals surface area contributed by atoms with Gasteiger partial charge in [0.1, 0.15) is 13.2 Å². The number of nitrogens with zero attached hydrogens (tertiary/aromatic N) is 1. The lowest BCUT2D eigenvalue weighted by atomic mass is 9.80. The largest absolute Gasteiger partial charge is 0.486 e. The summed E-state index contributed by atoms with van der Waals surface area (Å²) in [5.74, 6) is 1.32. The topological polar surface area (TPSA) is 62.5 Å². The molecule has 2 rings (SSSR count). The highest BCUT2D eigenvalue weighted by atomic mass is 16.6. The van der Waals surface area contributed by atoms with Gasteiger partial charge in [0.15, 0.2) is 11.5 Å². The van der Waals surface area contributed by atoms with Crippen LogP contribution in [0.4, 0.5) is 0 Å². The highest BCUT2D eigenvalue weighted by Crippen LogP contribution is 2.39. The third kappa shape index (κ3) is 2.14. The fraction of sp³-hybridized carbons (Fsp3) is 0.500. The van der Waals surface area contributed by atoms with Crippen LogP contribution in [0, 0.1) is 16.7 Å². The van der Waals surface area contributed by atoms with E-state index in [2.05, 4.69) is 6.07 Å². The minimum Gasteiger partial charge on any atom is -0.486 e. The molecule has 0 bridgehead atoms. The third-order valence-corrected chi connectivity index (χ3v) is 3.48. The lowest BCUT2D eigenvalue weighted by molar-refractivity contribution is 0.0715. The van der Waals surface area contributed by atoms with Crippen molar-refractivity contribution >= 4 is 0 Å². The Labute approximate surface area is 107 Å². The van der Waals surface area contributed by atoms with Crippen LogP contribution in [0.25, 0.3) is 0 Å². The summed E-state index contributed by atoms with van der Waals surface area (Å²) in [4.78, 5) is 0. The van der Waals surface area contributed by atoms with Crippen LogP contribution in [0.3, 0.4) is 0 Å². The van der Waals surface area contributed by atoms with Crippen LogP contribution in [0.1, 0.15) is 31.9 Å². The maximum absolute atomic E-state index is 10.3. The first kappa shape index (κ1) is 12.7. The van der Waals surface area contributed by atoms with Gasteiger partial charge in [0.2, 0.25) is 0 Å². The number of rotatable bonds is 3. The SMILES string of the molecule is CCC(C)(C#N)C(O)c1ccc2c(c1)OCCO2. The number of aliphatic hydroxyl groups is 1. The van der Waals surface area contributed by atoms with E-state index in [0.29, 0.717) is 36.7 Å².